The van der Waals surface area contributed by atoms with Crippen molar-refractivity contribution in [2.45, 2.75) is 25.9 Å². The lowest BCUT2D eigenvalue weighted by Crippen LogP contribution is -1.96. The number of para-hydroxylation sites is 1. The van der Waals surface area contributed by atoms with Crippen molar-refractivity contribution >= 4 is 0 Å². The summed E-state index contributed by atoms with van der Waals surface area (Å²) in [5.41, 5.74) is 0.624. The van der Waals surface area contributed by atoms with E-state index in [1.807, 2.05) is 13.0 Å². The van der Waals surface area contributed by atoms with Crippen LogP contribution in [0.2, 0.25) is 0 Å². The van der Waals surface area contributed by atoms with Crippen LogP contribution in [0.3, 0.4) is 0 Å². The van der Waals surface area contributed by atoms with E-state index in [0.29, 0.717) is 12.0 Å². The number of phenolic OH excluding ortho intramolecular Hbond substituents is 1. The van der Waals surface area contributed by atoms with Crippen LogP contribution in [-0.2, 0) is 0 Å². The first-order valence-electron chi connectivity index (χ1n) is 4.21. The topological polar surface area (TPSA) is 40.5 Å². The summed E-state index contributed by atoms with van der Waals surface area (Å²) in [7, 11) is 0. The van der Waals surface area contributed by atoms with Crippen LogP contribution in [0.5, 0.6) is 5.75 Å². The number of benzene rings is 1. The van der Waals surface area contributed by atoms with Gasteiger partial charge in [-0.05, 0) is 12.5 Å². The van der Waals surface area contributed by atoms with Crippen LogP contribution >= 0.6 is 0 Å². The quantitative estimate of drug-likeness (QED) is 0.722. The van der Waals surface area contributed by atoms with Gasteiger partial charge in [-0.15, -0.1) is 0 Å². The van der Waals surface area contributed by atoms with Gasteiger partial charge in [-0.1, -0.05) is 31.5 Å². The Hall–Kier alpha value is -1.02. The number of aromatic hydroxyl groups is 1. The second-order valence-corrected chi connectivity index (χ2v) is 2.86. The SMILES string of the molecule is CCCC(O)c1ccccc1O. The summed E-state index contributed by atoms with van der Waals surface area (Å²) in [4.78, 5) is 0. The van der Waals surface area contributed by atoms with Crippen molar-refractivity contribution in [3.05, 3.63) is 29.8 Å². The fourth-order valence-corrected chi connectivity index (χ4v) is 1.20. The van der Waals surface area contributed by atoms with Crippen molar-refractivity contribution in [1.82, 2.24) is 0 Å². The van der Waals surface area contributed by atoms with E-state index in [4.69, 9.17) is 0 Å². The van der Waals surface area contributed by atoms with Crippen LogP contribution in [0, 0.1) is 0 Å². The lowest BCUT2D eigenvalue weighted by Gasteiger charge is -2.10. The number of rotatable bonds is 3. The van der Waals surface area contributed by atoms with Gasteiger partial charge in [0.1, 0.15) is 5.75 Å². The Morgan fingerprint density at radius 1 is 1.33 bits per heavy atom. The smallest absolute Gasteiger partial charge is 0.121 e. The molecule has 0 saturated carbocycles. The third-order valence-electron chi connectivity index (χ3n) is 1.86. The molecular formula is C10H14O2. The lowest BCUT2D eigenvalue weighted by molar-refractivity contribution is 0.163. The number of aliphatic hydroxyl groups is 1. The summed E-state index contributed by atoms with van der Waals surface area (Å²) in [6.45, 7) is 2.00. The number of aliphatic hydroxyl groups excluding tert-OH is 1. The molecule has 0 aromatic heterocycles. The summed E-state index contributed by atoms with van der Waals surface area (Å²) in [6, 6.07) is 6.90. The molecule has 12 heavy (non-hydrogen) atoms. The fraction of sp³-hybridized carbons (Fsp3) is 0.400. The largest absolute Gasteiger partial charge is 0.508 e. The number of hydrogen-bond donors (Lipinski definition) is 2. The van der Waals surface area contributed by atoms with Crippen molar-refractivity contribution in [1.29, 1.82) is 0 Å². The van der Waals surface area contributed by atoms with Gasteiger partial charge in [0.05, 0.1) is 6.10 Å². The Kier molecular flexibility index (Phi) is 3.11. The van der Waals surface area contributed by atoms with Crippen molar-refractivity contribution in [3.63, 3.8) is 0 Å². The molecule has 0 saturated heterocycles. The molecule has 0 aliphatic rings. The monoisotopic (exact) mass is 166 g/mol. The van der Waals surface area contributed by atoms with E-state index in [1.165, 1.54) is 0 Å². The molecule has 0 fully saturated rings. The molecule has 0 bridgehead atoms. The maximum atomic E-state index is 9.54. The molecule has 0 amide bonds. The summed E-state index contributed by atoms with van der Waals surface area (Å²) < 4.78 is 0. The molecule has 1 aromatic carbocycles. The zero-order valence-corrected chi connectivity index (χ0v) is 7.20. The molecule has 0 radical (unpaired) electrons. The third kappa shape index (κ3) is 1.98. The highest BCUT2D eigenvalue weighted by atomic mass is 16.3. The van der Waals surface area contributed by atoms with Crippen LogP contribution in [-0.4, -0.2) is 10.2 Å². The first-order chi connectivity index (χ1) is 5.75. The van der Waals surface area contributed by atoms with Gasteiger partial charge in [-0.25, -0.2) is 0 Å². The molecule has 2 heteroatoms. The van der Waals surface area contributed by atoms with Gasteiger partial charge in [0.2, 0.25) is 0 Å². The van der Waals surface area contributed by atoms with Crippen molar-refractivity contribution in [2.75, 3.05) is 0 Å². The van der Waals surface area contributed by atoms with Gasteiger partial charge in [-0.2, -0.15) is 0 Å². The third-order valence-corrected chi connectivity index (χ3v) is 1.86. The molecule has 0 heterocycles. The Morgan fingerprint density at radius 2 is 2.00 bits per heavy atom. The van der Waals surface area contributed by atoms with Crippen LogP contribution in [0.25, 0.3) is 0 Å². The number of hydrogen-bond acceptors (Lipinski definition) is 2. The van der Waals surface area contributed by atoms with E-state index in [2.05, 4.69) is 0 Å². The van der Waals surface area contributed by atoms with E-state index in [-0.39, 0.29) is 5.75 Å². The maximum Gasteiger partial charge on any atom is 0.121 e. The highest BCUT2D eigenvalue weighted by Gasteiger charge is 2.09. The van der Waals surface area contributed by atoms with Gasteiger partial charge in [-0.3, -0.25) is 0 Å². The van der Waals surface area contributed by atoms with Crippen molar-refractivity contribution < 1.29 is 10.2 Å². The lowest BCUT2D eigenvalue weighted by atomic mass is 10.0. The van der Waals surface area contributed by atoms with Crippen LogP contribution in [0.1, 0.15) is 31.4 Å². The predicted molar refractivity (Wildman–Crippen MR) is 48.0 cm³/mol. The second-order valence-electron chi connectivity index (χ2n) is 2.86. The molecular weight excluding hydrogens is 152 g/mol. The molecule has 2 N–H and O–H groups in total. The normalized spacial score (nSPS) is 12.8. The van der Waals surface area contributed by atoms with E-state index in [1.54, 1.807) is 18.2 Å². The summed E-state index contributed by atoms with van der Waals surface area (Å²) in [5, 5.41) is 18.9. The molecule has 1 aromatic rings. The van der Waals surface area contributed by atoms with Crippen LogP contribution in [0.4, 0.5) is 0 Å². The second kappa shape index (κ2) is 4.12. The minimum absolute atomic E-state index is 0.179. The molecule has 0 spiro atoms. The van der Waals surface area contributed by atoms with Gasteiger partial charge < -0.3 is 10.2 Å². The van der Waals surface area contributed by atoms with Gasteiger partial charge >= 0.3 is 0 Å². The summed E-state index contributed by atoms with van der Waals surface area (Å²) in [6.07, 6.45) is 1.07. The molecule has 2 nitrogen and oxygen atoms in total. The predicted octanol–water partition coefficient (Wildman–Crippen LogP) is 2.23. The molecule has 1 atom stereocenters. The summed E-state index contributed by atoms with van der Waals surface area (Å²) in [5.74, 6) is 0.179. The van der Waals surface area contributed by atoms with Crippen LogP contribution in [0.15, 0.2) is 24.3 Å². The first kappa shape index (κ1) is 9.07. The Bertz CT molecular complexity index is 245. The van der Waals surface area contributed by atoms with Gasteiger partial charge in [0, 0.05) is 5.56 Å². The molecule has 0 aliphatic heterocycles. The Morgan fingerprint density at radius 3 is 2.58 bits per heavy atom. The average molecular weight is 166 g/mol. The van der Waals surface area contributed by atoms with E-state index < -0.39 is 6.10 Å². The zero-order valence-electron chi connectivity index (χ0n) is 7.20. The number of phenols is 1. The fourth-order valence-electron chi connectivity index (χ4n) is 1.20. The maximum absolute atomic E-state index is 9.54. The molecule has 66 valence electrons. The van der Waals surface area contributed by atoms with Crippen molar-refractivity contribution in [2.24, 2.45) is 0 Å². The van der Waals surface area contributed by atoms with Gasteiger partial charge in [0.25, 0.3) is 0 Å². The van der Waals surface area contributed by atoms with E-state index in [0.717, 1.165) is 6.42 Å². The highest BCUT2D eigenvalue weighted by molar-refractivity contribution is 5.33. The Balaban J connectivity index is 2.79. The molecule has 0 aliphatic carbocycles. The Labute approximate surface area is 72.5 Å². The standard InChI is InChI=1S/C10H14O2/c1-2-5-9(11)8-6-3-4-7-10(8)12/h3-4,6-7,9,11-12H,2,5H2,1H3. The zero-order chi connectivity index (χ0) is 8.97. The van der Waals surface area contributed by atoms with E-state index in [9.17, 15) is 10.2 Å². The minimum atomic E-state index is -0.531. The average Bonchev–Trinajstić information content (AvgIpc) is 2.05. The highest BCUT2D eigenvalue weighted by Crippen LogP contribution is 2.26. The first-order valence-corrected chi connectivity index (χ1v) is 4.21. The van der Waals surface area contributed by atoms with Crippen molar-refractivity contribution in [3.8, 4) is 5.75 Å². The molecule has 1 unspecified atom stereocenters. The van der Waals surface area contributed by atoms with Gasteiger partial charge in [0.15, 0.2) is 0 Å². The van der Waals surface area contributed by atoms with Crippen LogP contribution < -0.4 is 0 Å². The minimum Gasteiger partial charge on any atom is -0.508 e. The van der Waals surface area contributed by atoms with E-state index >= 15 is 0 Å². The summed E-state index contributed by atoms with van der Waals surface area (Å²) >= 11 is 0. The molecule has 1 rings (SSSR count).